The van der Waals surface area contributed by atoms with Gasteiger partial charge in [-0.2, -0.15) is 0 Å². The van der Waals surface area contributed by atoms with E-state index in [1.165, 1.54) is 5.56 Å². The van der Waals surface area contributed by atoms with Crippen LogP contribution < -0.4 is 0 Å². The lowest BCUT2D eigenvalue weighted by Crippen LogP contribution is -2.02. The molecule has 0 spiro atoms. The molecular formula is C12H13N3S. The Labute approximate surface area is 98.9 Å². The van der Waals surface area contributed by atoms with Gasteiger partial charge >= 0.3 is 0 Å². The minimum atomic E-state index is 0.606. The highest BCUT2D eigenvalue weighted by Gasteiger charge is 2.24. The molecule has 0 saturated carbocycles. The summed E-state index contributed by atoms with van der Waals surface area (Å²) in [5, 5.41) is 10.2. The largest absolute Gasteiger partial charge is 0.301 e. The van der Waals surface area contributed by atoms with Gasteiger partial charge in [0.15, 0.2) is 11.0 Å². The zero-order chi connectivity index (χ0) is 11.1. The summed E-state index contributed by atoms with van der Waals surface area (Å²) >= 11 is 1.80. The number of fused-ring (bicyclic) bond motifs is 1. The van der Waals surface area contributed by atoms with Gasteiger partial charge in [0, 0.05) is 17.4 Å². The van der Waals surface area contributed by atoms with Crippen molar-refractivity contribution < 1.29 is 0 Å². The molecule has 82 valence electrons. The van der Waals surface area contributed by atoms with Gasteiger partial charge in [0.05, 0.1) is 0 Å². The third kappa shape index (κ3) is 1.53. The van der Waals surface area contributed by atoms with Gasteiger partial charge in [-0.05, 0) is 13.0 Å². The predicted molar refractivity (Wildman–Crippen MR) is 65.5 cm³/mol. The van der Waals surface area contributed by atoms with Crippen LogP contribution in [0.25, 0.3) is 11.4 Å². The van der Waals surface area contributed by atoms with Gasteiger partial charge in [-0.1, -0.05) is 42.4 Å². The molecule has 1 aliphatic rings. The summed E-state index contributed by atoms with van der Waals surface area (Å²) < 4.78 is 2.21. The third-order valence-electron chi connectivity index (χ3n) is 2.74. The van der Waals surface area contributed by atoms with Gasteiger partial charge in [-0.3, -0.25) is 0 Å². The first kappa shape index (κ1) is 9.90. The monoisotopic (exact) mass is 231 g/mol. The van der Waals surface area contributed by atoms with E-state index >= 15 is 0 Å². The lowest BCUT2D eigenvalue weighted by molar-refractivity contribution is 0.675. The molecule has 1 atom stereocenters. The van der Waals surface area contributed by atoms with E-state index in [9.17, 15) is 0 Å². The summed E-state index contributed by atoms with van der Waals surface area (Å²) in [5.74, 6) is 0.996. The van der Waals surface area contributed by atoms with Crippen molar-refractivity contribution >= 4 is 11.8 Å². The second kappa shape index (κ2) is 3.63. The molecule has 1 aliphatic heterocycles. The van der Waals surface area contributed by atoms with Crippen molar-refractivity contribution in [2.24, 2.45) is 0 Å². The molecule has 1 aromatic carbocycles. The Hall–Kier alpha value is -1.29. The molecule has 2 heterocycles. The Balaban J connectivity index is 2.08. The first-order chi connectivity index (χ1) is 7.74. The van der Waals surface area contributed by atoms with Crippen LogP contribution in [0.15, 0.2) is 29.4 Å². The fourth-order valence-corrected chi connectivity index (χ4v) is 2.97. The maximum absolute atomic E-state index is 4.28. The lowest BCUT2D eigenvalue weighted by atomic mass is 10.1. The minimum absolute atomic E-state index is 0.606. The normalized spacial score (nSPS) is 18.8. The van der Waals surface area contributed by atoms with Crippen LogP contribution in [0, 0.1) is 6.92 Å². The van der Waals surface area contributed by atoms with E-state index in [4.69, 9.17) is 0 Å². The number of hydrogen-bond donors (Lipinski definition) is 0. The number of aromatic nitrogens is 3. The Morgan fingerprint density at radius 2 is 2.25 bits per heavy atom. The Bertz CT molecular complexity index is 533. The van der Waals surface area contributed by atoms with Gasteiger partial charge in [0.1, 0.15) is 0 Å². The van der Waals surface area contributed by atoms with Crippen molar-refractivity contribution in [1.82, 2.24) is 14.8 Å². The summed E-state index contributed by atoms with van der Waals surface area (Å²) in [6.45, 7) is 5.33. The summed E-state index contributed by atoms with van der Waals surface area (Å²) in [7, 11) is 0. The topological polar surface area (TPSA) is 30.7 Å². The van der Waals surface area contributed by atoms with E-state index < -0.39 is 0 Å². The highest BCUT2D eigenvalue weighted by Crippen LogP contribution is 2.33. The quantitative estimate of drug-likeness (QED) is 0.756. The molecule has 3 rings (SSSR count). The molecule has 0 unspecified atom stereocenters. The molecule has 16 heavy (non-hydrogen) atoms. The Morgan fingerprint density at radius 1 is 1.38 bits per heavy atom. The number of hydrogen-bond acceptors (Lipinski definition) is 3. The summed E-state index contributed by atoms with van der Waals surface area (Å²) in [6, 6.07) is 8.42. The molecular weight excluding hydrogens is 218 g/mol. The van der Waals surface area contributed by atoms with Crippen LogP contribution in [-0.2, 0) is 6.54 Å². The van der Waals surface area contributed by atoms with E-state index in [-0.39, 0.29) is 0 Å². The molecule has 0 aliphatic carbocycles. The number of aryl methyl sites for hydroxylation is 1. The van der Waals surface area contributed by atoms with Gasteiger partial charge in [-0.25, -0.2) is 0 Å². The molecule has 3 nitrogen and oxygen atoms in total. The zero-order valence-electron chi connectivity index (χ0n) is 9.34. The summed E-state index contributed by atoms with van der Waals surface area (Å²) in [4.78, 5) is 0. The van der Waals surface area contributed by atoms with Crippen LogP contribution in [0.5, 0.6) is 0 Å². The van der Waals surface area contributed by atoms with Crippen molar-refractivity contribution in [3.05, 3.63) is 29.8 Å². The lowest BCUT2D eigenvalue weighted by Gasteiger charge is -2.04. The fourth-order valence-electron chi connectivity index (χ4n) is 2.01. The van der Waals surface area contributed by atoms with Gasteiger partial charge < -0.3 is 4.57 Å². The van der Waals surface area contributed by atoms with Crippen molar-refractivity contribution in [3.8, 4) is 11.4 Å². The van der Waals surface area contributed by atoms with Crippen LogP contribution in [0.2, 0.25) is 0 Å². The van der Waals surface area contributed by atoms with Crippen molar-refractivity contribution in [1.29, 1.82) is 0 Å². The third-order valence-corrected chi connectivity index (χ3v) is 3.80. The molecule has 0 bridgehead atoms. The Morgan fingerprint density at radius 3 is 3.06 bits per heavy atom. The number of thioether (sulfide) groups is 1. The van der Waals surface area contributed by atoms with E-state index in [0.29, 0.717) is 5.25 Å². The molecule has 2 aromatic rings. The predicted octanol–water partition coefficient (Wildman–Crippen LogP) is 2.75. The van der Waals surface area contributed by atoms with E-state index in [2.05, 4.69) is 52.9 Å². The van der Waals surface area contributed by atoms with Crippen LogP contribution in [0.1, 0.15) is 12.5 Å². The molecule has 4 heteroatoms. The number of rotatable bonds is 1. The second-order valence-electron chi connectivity index (χ2n) is 4.21. The van der Waals surface area contributed by atoms with Gasteiger partial charge in [-0.15, -0.1) is 10.2 Å². The highest BCUT2D eigenvalue weighted by atomic mass is 32.2. The van der Waals surface area contributed by atoms with Crippen LogP contribution in [-0.4, -0.2) is 20.0 Å². The molecule has 0 saturated heterocycles. The van der Waals surface area contributed by atoms with Crippen LogP contribution in [0.3, 0.4) is 0 Å². The fraction of sp³-hybridized carbons (Fsp3) is 0.333. The van der Waals surface area contributed by atoms with Gasteiger partial charge in [0.2, 0.25) is 0 Å². The SMILES string of the molecule is Cc1cccc(-c2nnc3n2C[C@H](C)S3)c1. The molecule has 1 aromatic heterocycles. The van der Waals surface area contributed by atoms with Crippen LogP contribution >= 0.6 is 11.8 Å². The van der Waals surface area contributed by atoms with Crippen molar-refractivity contribution in [3.63, 3.8) is 0 Å². The number of nitrogens with zero attached hydrogens (tertiary/aromatic N) is 3. The van der Waals surface area contributed by atoms with E-state index in [1.54, 1.807) is 11.8 Å². The Kier molecular flexibility index (Phi) is 2.24. The highest BCUT2D eigenvalue weighted by molar-refractivity contribution is 7.99. The van der Waals surface area contributed by atoms with Crippen LogP contribution in [0.4, 0.5) is 0 Å². The first-order valence-electron chi connectivity index (χ1n) is 5.41. The maximum Gasteiger partial charge on any atom is 0.191 e. The number of benzene rings is 1. The van der Waals surface area contributed by atoms with E-state index in [0.717, 1.165) is 23.1 Å². The maximum atomic E-state index is 4.28. The smallest absolute Gasteiger partial charge is 0.191 e. The molecule has 0 fully saturated rings. The van der Waals surface area contributed by atoms with Gasteiger partial charge in [0.25, 0.3) is 0 Å². The van der Waals surface area contributed by atoms with E-state index in [1.807, 2.05) is 0 Å². The summed E-state index contributed by atoms with van der Waals surface area (Å²) in [5.41, 5.74) is 2.42. The average Bonchev–Trinajstić information content (AvgIpc) is 2.76. The van der Waals surface area contributed by atoms with Crippen molar-refractivity contribution in [2.45, 2.75) is 30.8 Å². The first-order valence-corrected chi connectivity index (χ1v) is 6.29. The summed E-state index contributed by atoms with van der Waals surface area (Å²) in [6.07, 6.45) is 0. The molecule has 0 amide bonds. The second-order valence-corrected chi connectivity index (χ2v) is 5.62. The standard InChI is InChI=1S/C12H13N3S/c1-8-4-3-5-10(6-8)11-13-14-12-15(11)7-9(2)16-12/h3-6,9H,7H2,1-2H3/t9-/m0/s1. The van der Waals surface area contributed by atoms with Crippen molar-refractivity contribution in [2.75, 3.05) is 0 Å². The minimum Gasteiger partial charge on any atom is -0.301 e. The molecule has 0 N–H and O–H groups in total. The zero-order valence-corrected chi connectivity index (χ0v) is 10.2. The molecule has 0 radical (unpaired) electrons. The average molecular weight is 231 g/mol.